The van der Waals surface area contributed by atoms with Crippen LogP contribution in [0.4, 0.5) is 0 Å². The van der Waals surface area contributed by atoms with Crippen molar-refractivity contribution in [3.05, 3.63) is 51.8 Å². The lowest BCUT2D eigenvalue weighted by Gasteiger charge is -2.11. The zero-order valence-corrected chi connectivity index (χ0v) is 11.6. The molecule has 2 aromatic rings. The van der Waals surface area contributed by atoms with Crippen LogP contribution in [-0.2, 0) is 4.74 Å². The monoisotopic (exact) mass is 283 g/mol. The maximum atomic E-state index is 12.2. The molecular weight excluding hydrogens is 270 g/mol. The Morgan fingerprint density at radius 1 is 1.33 bits per heavy atom. The zero-order valence-electron chi connectivity index (χ0n) is 11.6. The third-order valence-electron chi connectivity index (χ3n) is 2.69. The number of esters is 1. The first kappa shape index (κ1) is 14.5. The molecule has 1 N–H and O–H groups in total. The second-order valence-electron chi connectivity index (χ2n) is 4.58. The van der Waals surface area contributed by atoms with E-state index in [0.717, 1.165) is 0 Å². The van der Waals surface area contributed by atoms with E-state index in [0.29, 0.717) is 5.56 Å². The van der Waals surface area contributed by atoms with Gasteiger partial charge in [-0.05, 0) is 13.8 Å². The first-order valence-electron chi connectivity index (χ1n) is 6.33. The molecule has 0 spiro atoms. The predicted octanol–water partition coefficient (Wildman–Crippen LogP) is 1.87. The van der Waals surface area contributed by atoms with Gasteiger partial charge in [-0.15, -0.1) is 0 Å². The second kappa shape index (κ2) is 6.01. The van der Waals surface area contributed by atoms with Crippen molar-refractivity contribution < 1.29 is 9.53 Å². The van der Waals surface area contributed by atoms with Crippen molar-refractivity contribution in [2.45, 2.75) is 20.0 Å². The maximum Gasteiger partial charge on any atom is 0.342 e. The fraction of sp³-hybridized carbons (Fsp3) is 0.200. The quantitative estimate of drug-likeness (QED) is 0.867. The maximum absolute atomic E-state index is 12.2. The number of nitriles is 1. The largest absolute Gasteiger partial charge is 0.459 e. The molecule has 6 nitrogen and oxygen atoms in total. The minimum Gasteiger partial charge on any atom is -0.459 e. The molecule has 0 atom stereocenters. The standard InChI is InChI=1S/C15H13N3O3/c1-9(2)21-15(20)12-11(8-16)14(19)18-17-13(12)10-6-4-3-5-7-10/h3-7,9H,1-2H3,(H,18,19). The summed E-state index contributed by atoms with van der Waals surface area (Å²) in [5.41, 5.74) is -0.290. The molecule has 0 aliphatic rings. The number of nitrogens with zero attached hydrogens (tertiary/aromatic N) is 2. The van der Waals surface area contributed by atoms with Gasteiger partial charge in [0.05, 0.1) is 6.10 Å². The van der Waals surface area contributed by atoms with E-state index in [1.54, 1.807) is 44.2 Å². The van der Waals surface area contributed by atoms with E-state index < -0.39 is 11.5 Å². The van der Waals surface area contributed by atoms with Gasteiger partial charge >= 0.3 is 5.97 Å². The molecule has 1 aromatic heterocycles. The first-order chi connectivity index (χ1) is 10.0. The summed E-state index contributed by atoms with van der Waals surface area (Å²) >= 11 is 0. The van der Waals surface area contributed by atoms with Crippen molar-refractivity contribution in [1.29, 1.82) is 5.26 Å². The molecule has 21 heavy (non-hydrogen) atoms. The first-order valence-corrected chi connectivity index (χ1v) is 6.33. The van der Waals surface area contributed by atoms with Crippen molar-refractivity contribution in [2.24, 2.45) is 0 Å². The van der Waals surface area contributed by atoms with Crippen molar-refractivity contribution in [3.63, 3.8) is 0 Å². The van der Waals surface area contributed by atoms with Crippen LogP contribution < -0.4 is 5.56 Å². The number of carbonyl (C=O) groups is 1. The molecule has 0 fully saturated rings. The summed E-state index contributed by atoms with van der Waals surface area (Å²) in [6.45, 7) is 3.37. The summed E-state index contributed by atoms with van der Waals surface area (Å²) in [4.78, 5) is 23.9. The number of benzene rings is 1. The van der Waals surface area contributed by atoms with Crippen LogP contribution in [0.15, 0.2) is 35.1 Å². The van der Waals surface area contributed by atoms with Crippen molar-refractivity contribution in [2.75, 3.05) is 0 Å². The van der Waals surface area contributed by atoms with Gasteiger partial charge in [0.2, 0.25) is 0 Å². The Morgan fingerprint density at radius 2 is 2.00 bits per heavy atom. The number of aromatic amines is 1. The van der Waals surface area contributed by atoms with E-state index >= 15 is 0 Å². The van der Waals surface area contributed by atoms with Gasteiger partial charge < -0.3 is 4.74 Å². The van der Waals surface area contributed by atoms with Crippen LogP contribution >= 0.6 is 0 Å². The third-order valence-corrected chi connectivity index (χ3v) is 2.69. The Kier molecular flexibility index (Phi) is 4.14. The Hall–Kier alpha value is -2.94. The van der Waals surface area contributed by atoms with Crippen LogP contribution in [0.5, 0.6) is 0 Å². The molecular formula is C15H13N3O3. The molecule has 2 rings (SSSR count). The highest BCUT2D eigenvalue weighted by molar-refractivity contribution is 5.98. The van der Waals surface area contributed by atoms with Gasteiger partial charge in [-0.3, -0.25) is 4.79 Å². The van der Waals surface area contributed by atoms with E-state index in [1.807, 2.05) is 6.07 Å². The summed E-state index contributed by atoms with van der Waals surface area (Å²) in [5.74, 6) is -0.737. The highest BCUT2D eigenvalue weighted by Gasteiger charge is 2.24. The highest BCUT2D eigenvalue weighted by Crippen LogP contribution is 2.22. The summed E-state index contributed by atoms with van der Waals surface area (Å²) in [6.07, 6.45) is -0.369. The van der Waals surface area contributed by atoms with E-state index in [2.05, 4.69) is 10.2 Å². The topological polar surface area (TPSA) is 95.8 Å². The molecule has 0 radical (unpaired) electrons. The number of hydrogen-bond acceptors (Lipinski definition) is 5. The molecule has 1 aromatic carbocycles. The van der Waals surface area contributed by atoms with E-state index in [1.165, 1.54) is 0 Å². The molecule has 0 saturated heterocycles. The lowest BCUT2D eigenvalue weighted by molar-refractivity contribution is 0.0377. The minimum absolute atomic E-state index is 0.110. The molecule has 106 valence electrons. The van der Waals surface area contributed by atoms with Crippen LogP contribution in [0.3, 0.4) is 0 Å². The number of H-pyrrole nitrogens is 1. The molecule has 0 amide bonds. The van der Waals surface area contributed by atoms with Gasteiger partial charge in [0, 0.05) is 5.56 Å². The lowest BCUT2D eigenvalue weighted by Crippen LogP contribution is -2.22. The molecule has 0 aliphatic heterocycles. The number of carbonyl (C=O) groups excluding carboxylic acids is 1. The minimum atomic E-state index is -0.737. The smallest absolute Gasteiger partial charge is 0.342 e. The lowest BCUT2D eigenvalue weighted by atomic mass is 10.0. The van der Waals surface area contributed by atoms with Crippen molar-refractivity contribution in [3.8, 4) is 17.3 Å². The molecule has 0 bridgehead atoms. The summed E-state index contributed by atoms with van der Waals surface area (Å²) in [7, 11) is 0. The van der Waals surface area contributed by atoms with Crippen molar-refractivity contribution in [1.82, 2.24) is 10.2 Å². The molecule has 0 saturated carbocycles. The van der Waals surface area contributed by atoms with Crippen LogP contribution in [0, 0.1) is 11.3 Å². The third kappa shape index (κ3) is 2.98. The fourth-order valence-corrected chi connectivity index (χ4v) is 1.83. The number of rotatable bonds is 3. The van der Waals surface area contributed by atoms with Crippen LogP contribution in [0.25, 0.3) is 11.3 Å². The molecule has 0 unspecified atom stereocenters. The van der Waals surface area contributed by atoms with Crippen molar-refractivity contribution >= 4 is 5.97 Å². The second-order valence-corrected chi connectivity index (χ2v) is 4.58. The van der Waals surface area contributed by atoms with Gasteiger partial charge in [0.25, 0.3) is 5.56 Å². The summed E-state index contributed by atoms with van der Waals surface area (Å²) < 4.78 is 5.11. The number of nitrogens with one attached hydrogen (secondary N) is 1. The molecule has 0 aliphatic carbocycles. The van der Waals surface area contributed by atoms with Gasteiger partial charge in [0.1, 0.15) is 22.9 Å². The van der Waals surface area contributed by atoms with Gasteiger partial charge in [-0.2, -0.15) is 10.4 Å². The van der Waals surface area contributed by atoms with Gasteiger partial charge in [0.15, 0.2) is 0 Å². The molecule has 1 heterocycles. The average Bonchev–Trinajstić information content (AvgIpc) is 2.47. The van der Waals surface area contributed by atoms with E-state index in [4.69, 9.17) is 10.00 Å². The Labute approximate surface area is 121 Å². The normalized spacial score (nSPS) is 10.2. The van der Waals surface area contributed by atoms with Crippen LogP contribution in [0.1, 0.15) is 29.8 Å². The predicted molar refractivity (Wildman–Crippen MR) is 75.6 cm³/mol. The fourth-order valence-electron chi connectivity index (χ4n) is 1.83. The average molecular weight is 283 g/mol. The van der Waals surface area contributed by atoms with Crippen LogP contribution in [0.2, 0.25) is 0 Å². The number of aromatic nitrogens is 2. The Morgan fingerprint density at radius 3 is 2.57 bits per heavy atom. The van der Waals surface area contributed by atoms with Crippen LogP contribution in [-0.4, -0.2) is 22.3 Å². The summed E-state index contributed by atoms with van der Waals surface area (Å²) in [5, 5.41) is 15.3. The highest BCUT2D eigenvalue weighted by atomic mass is 16.5. The Balaban J connectivity index is 2.70. The molecule has 6 heteroatoms. The van der Waals surface area contributed by atoms with E-state index in [9.17, 15) is 9.59 Å². The Bertz CT molecular complexity index is 758. The van der Waals surface area contributed by atoms with Gasteiger partial charge in [-0.25, -0.2) is 9.89 Å². The summed E-state index contributed by atoms with van der Waals surface area (Å²) in [6, 6.07) is 10.6. The van der Waals surface area contributed by atoms with E-state index in [-0.39, 0.29) is 22.9 Å². The SMILES string of the molecule is CC(C)OC(=O)c1c(-c2ccccc2)n[nH]c(=O)c1C#N. The number of hydrogen-bond donors (Lipinski definition) is 1. The zero-order chi connectivity index (χ0) is 15.4. The number of ether oxygens (including phenoxy) is 1. The van der Waals surface area contributed by atoms with Gasteiger partial charge in [-0.1, -0.05) is 30.3 Å².